The van der Waals surface area contributed by atoms with Gasteiger partial charge in [0, 0.05) is 18.9 Å². The Morgan fingerprint density at radius 1 is 1.14 bits per heavy atom. The van der Waals surface area contributed by atoms with Gasteiger partial charge in [-0.05, 0) is 26.2 Å². The average molecular weight is 404 g/mol. The van der Waals surface area contributed by atoms with Crippen LogP contribution in [-0.2, 0) is 19.1 Å². The molecule has 8 nitrogen and oxygen atoms in total. The van der Waals surface area contributed by atoms with Gasteiger partial charge >= 0.3 is 0 Å². The standard InChI is InChI=1S/C20H37NO7/c1-4-5-6-9-15(14(3)23)21-17(24)10-7-8-11-27-20-13(2)18(25)19(26)16(12-22)28-20/h13,15-16,18-20,22,25-26H,4-12H2,1-3H3,(H,21,24)/t13?,15-,16?,18?,19?,20?/m0/s1. The van der Waals surface area contributed by atoms with Gasteiger partial charge in [0.05, 0.1) is 18.8 Å². The largest absolute Gasteiger partial charge is 0.394 e. The van der Waals surface area contributed by atoms with Crippen LogP contribution in [0.25, 0.3) is 0 Å². The van der Waals surface area contributed by atoms with E-state index in [0.29, 0.717) is 32.3 Å². The molecular weight excluding hydrogens is 366 g/mol. The number of carbonyl (C=O) groups is 2. The predicted octanol–water partition coefficient (Wildman–Crippen LogP) is 0.903. The molecule has 0 bridgehead atoms. The molecule has 1 heterocycles. The normalized spacial score (nSPS) is 28.7. The number of aliphatic hydroxyl groups excluding tert-OH is 3. The van der Waals surface area contributed by atoms with Crippen LogP contribution in [0, 0.1) is 5.92 Å². The van der Waals surface area contributed by atoms with Crippen molar-refractivity contribution in [2.24, 2.45) is 5.92 Å². The van der Waals surface area contributed by atoms with Crippen LogP contribution in [-0.4, -0.2) is 70.9 Å². The first-order valence-corrected chi connectivity index (χ1v) is 10.4. The van der Waals surface area contributed by atoms with Crippen LogP contribution in [0.1, 0.15) is 65.7 Å². The summed E-state index contributed by atoms with van der Waals surface area (Å²) in [5, 5.41) is 31.8. The van der Waals surface area contributed by atoms with Crippen LogP contribution in [0.2, 0.25) is 0 Å². The average Bonchev–Trinajstić information content (AvgIpc) is 2.66. The highest BCUT2D eigenvalue weighted by Gasteiger charge is 2.42. The second kappa shape index (κ2) is 13.2. The zero-order valence-corrected chi connectivity index (χ0v) is 17.3. The summed E-state index contributed by atoms with van der Waals surface area (Å²) in [6.07, 6.45) is 1.46. The number of unbranched alkanes of at least 4 members (excludes halogenated alkanes) is 3. The van der Waals surface area contributed by atoms with Crippen molar-refractivity contribution in [2.75, 3.05) is 13.2 Å². The van der Waals surface area contributed by atoms with Crippen LogP contribution in [0.15, 0.2) is 0 Å². The van der Waals surface area contributed by atoms with E-state index in [-0.39, 0.29) is 11.7 Å². The lowest BCUT2D eigenvalue weighted by molar-refractivity contribution is -0.282. The van der Waals surface area contributed by atoms with Gasteiger partial charge in [-0.15, -0.1) is 0 Å². The number of ketones is 1. The summed E-state index contributed by atoms with van der Waals surface area (Å²) in [4.78, 5) is 23.7. The summed E-state index contributed by atoms with van der Waals surface area (Å²) in [5.74, 6) is -0.589. The van der Waals surface area contributed by atoms with Crippen LogP contribution >= 0.6 is 0 Å². The molecule has 0 aromatic rings. The summed E-state index contributed by atoms with van der Waals surface area (Å²) in [6.45, 7) is 5.23. The third-order valence-corrected chi connectivity index (χ3v) is 5.19. The van der Waals surface area contributed by atoms with Gasteiger partial charge in [-0.3, -0.25) is 9.59 Å². The fraction of sp³-hybridized carbons (Fsp3) is 0.900. The highest BCUT2D eigenvalue weighted by molar-refractivity contribution is 5.87. The van der Waals surface area contributed by atoms with E-state index in [1.807, 2.05) is 0 Å². The maximum Gasteiger partial charge on any atom is 0.220 e. The molecule has 0 aromatic carbocycles. The third kappa shape index (κ3) is 8.13. The first kappa shape index (κ1) is 25.0. The minimum absolute atomic E-state index is 0.0181. The molecule has 1 aliphatic heterocycles. The topological polar surface area (TPSA) is 125 Å². The maximum absolute atomic E-state index is 12.1. The summed E-state index contributed by atoms with van der Waals surface area (Å²) in [5.41, 5.74) is 0. The number of amides is 1. The quantitative estimate of drug-likeness (QED) is 0.337. The van der Waals surface area contributed by atoms with Crippen LogP contribution in [0.5, 0.6) is 0 Å². The third-order valence-electron chi connectivity index (χ3n) is 5.19. The molecule has 5 unspecified atom stereocenters. The fourth-order valence-corrected chi connectivity index (χ4v) is 3.24. The Hall–Kier alpha value is -1.06. The van der Waals surface area contributed by atoms with E-state index < -0.39 is 43.2 Å². The van der Waals surface area contributed by atoms with Gasteiger partial charge in [-0.25, -0.2) is 0 Å². The van der Waals surface area contributed by atoms with Crippen molar-refractivity contribution in [3.05, 3.63) is 0 Å². The first-order chi connectivity index (χ1) is 13.3. The molecule has 1 rings (SSSR count). The second-order valence-corrected chi connectivity index (χ2v) is 7.62. The molecule has 4 N–H and O–H groups in total. The van der Waals surface area contributed by atoms with E-state index >= 15 is 0 Å². The lowest BCUT2D eigenvalue weighted by Gasteiger charge is -2.40. The molecule has 8 heteroatoms. The number of hydrogen-bond acceptors (Lipinski definition) is 7. The van der Waals surface area contributed by atoms with E-state index in [9.17, 15) is 24.9 Å². The lowest BCUT2D eigenvalue weighted by Crippen LogP contribution is -2.55. The van der Waals surface area contributed by atoms with Gasteiger partial charge in [0.2, 0.25) is 5.91 Å². The van der Waals surface area contributed by atoms with Gasteiger partial charge < -0.3 is 30.1 Å². The van der Waals surface area contributed by atoms with Crippen molar-refractivity contribution in [2.45, 2.75) is 96.4 Å². The van der Waals surface area contributed by atoms with Crippen molar-refractivity contribution in [3.8, 4) is 0 Å². The molecule has 1 aliphatic rings. The fourth-order valence-electron chi connectivity index (χ4n) is 3.24. The van der Waals surface area contributed by atoms with Crippen LogP contribution in [0.4, 0.5) is 0 Å². The molecule has 0 spiro atoms. The molecule has 0 saturated carbocycles. The predicted molar refractivity (Wildman–Crippen MR) is 103 cm³/mol. The van der Waals surface area contributed by atoms with Crippen LogP contribution in [0.3, 0.4) is 0 Å². The van der Waals surface area contributed by atoms with Gasteiger partial charge in [-0.1, -0.05) is 33.1 Å². The number of nitrogens with one attached hydrogen (secondary N) is 1. The molecular formula is C20H37NO7. The van der Waals surface area contributed by atoms with Gasteiger partial charge in [0.1, 0.15) is 12.2 Å². The van der Waals surface area contributed by atoms with Crippen molar-refractivity contribution < 1.29 is 34.4 Å². The molecule has 0 radical (unpaired) electrons. The van der Waals surface area contributed by atoms with E-state index in [1.165, 1.54) is 6.92 Å². The lowest BCUT2D eigenvalue weighted by atomic mass is 9.92. The Morgan fingerprint density at radius 3 is 2.46 bits per heavy atom. The minimum Gasteiger partial charge on any atom is -0.394 e. The minimum atomic E-state index is -1.14. The maximum atomic E-state index is 12.1. The summed E-state index contributed by atoms with van der Waals surface area (Å²) >= 11 is 0. The molecule has 0 aliphatic carbocycles. The zero-order valence-electron chi connectivity index (χ0n) is 17.3. The Kier molecular flexibility index (Phi) is 11.8. The molecule has 28 heavy (non-hydrogen) atoms. The number of hydrogen-bond donors (Lipinski definition) is 4. The highest BCUT2D eigenvalue weighted by atomic mass is 16.7. The summed E-state index contributed by atoms with van der Waals surface area (Å²) in [7, 11) is 0. The molecule has 1 saturated heterocycles. The van der Waals surface area contributed by atoms with Gasteiger partial charge in [0.25, 0.3) is 0 Å². The van der Waals surface area contributed by atoms with Gasteiger partial charge in [0.15, 0.2) is 12.1 Å². The first-order valence-electron chi connectivity index (χ1n) is 10.4. The molecule has 6 atom stereocenters. The van der Waals surface area contributed by atoms with E-state index in [2.05, 4.69) is 12.2 Å². The van der Waals surface area contributed by atoms with E-state index in [1.54, 1.807) is 6.92 Å². The van der Waals surface area contributed by atoms with Crippen molar-refractivity contribution in [3.63, 3.8) is 0 Å². The van der Waals surface area contributed by atoms with E-state index in [4.69, 9.17) is 9.47 Å². The summed E-state index contributed by atoms with van der Waals surface area (Å²) in [6, 6.07) is -0.407. The zero-order chi connectivity index (χ0) is 21.1. The van der Waals surface area contributed by atoms with Crippen molar-refractivity contribution >= 4 is 11.7 Å². The number of Topliss-reactive ketones (excluding diaryl/α,β-unsaturated/α-hetero) is 1. The smallest absolute Gasteiger partial charge is 0.220 e. The Morgan fingerprint density at radius 2 is 1.86 bits per heavy atom. The number of ether oxygens (including phenoxy) is 2. The Labute approximate surface area is 167 Å². The van der Waals surface area contributed by atoms with Crippen LogP contribution < -0.4 is 5.32 Å². The molecule has 0 aromatic heterocycles. The molecule has 1 amide bonds. The highest BCUT2D eigenvalue weighted by Crippen LogP contribution is 2.26. The van der Waals surface area contributed by atoms with Crippen molar-refractivity contribution in [1.82, 2.24) is 5.32 Å². The Bertz CT molecular complexity index is 471. The number of rotatable bonds is 13. The molecule has 164 valence electrons. The SMILES string of the molecule is CCCCC[C@H](NC(=O)CCCCOC1OC(CO)C(O)C(O)C1C)C(C)=O. The number of aliphatic hydroxyl groups is 3. The monoisotopic (exact) mass is 403 g/mol. The molecule has 1 fully saturated rings. The van der Waals surface area contributed by atoms with E-state index in [0.717, 1.165) is 19.3 Å². The van der Waals surface area contributed by atoms with Gasteiger partial charge in [-0.2, -0.15) is 0 Å². The summed E-state index contributed by atoms with van der Waals surface area (Å²) < 4.78 is 11.1. The number of carbonyl (C=O) groups excluding carboxylic acids is 2. The second-order valence-electron chi connectivity index (χ2n) is 7.62. The Balaban J connectivity index is 2.27. The van der Waals surface area contributed by atoms with Crippen molar-refractivity contribution in [1.29, 1.82) is 0 Å².